The summed E-state index contributed by atoms with van der Waals surface area (Å²) in [7, 11) is 1.73. The molecular weight excluding hydrogens is 280 g/mol. The van der Waals surface area contributed by atoms with Gasteiger partial charge in [-0.1, -0.05) is 36.4 Å². The maximum Gasteiger partial charge on any atom is 0.119 e. The molecule has 0 radical (unpaired) electrons. The number of hydrogen-bond acceptors (Lipinski definition) is 1. The van der Waals surface area contributed by atoms with E-state index in [1.165, 1.54) is 55.4 Å². The van der Waals surface area contributed by atoms with Gasteiger partial charge in [0.05, 0.1) is 7.11 Å². The highest BCUT2D eigenvalue weighted by Crippen LogP contribution is 2.41. The van der Waals surface area contributed by atoms with Crippen molar-refractivity contribution >= 4 is 32.3 Å². The summed E-state index contributed by atoms with van der Waals surface area (Å²) in [6, 6.07) is 17.7. The van der Waals surface area contributed by atoms with Crippen molar-refractivity contribution in [2.75, 3.05) is 7.11 Å². The van der Waals surface area contributed by atoms with Crippen LogP contribution in [0.3, 0.4) is 0 Å². The number of hydrogen-bond donors (Lipinski definition) is 0. The lowest BCUT2D eigenvalue weighted by atomic mass is 9.90. The lowest BCUT2D eigenvalue weighted by molar-refractivity contribution is 0.415. The van der Waals surface area contributed by atoms with Gasteiger partial charge in [-0.05, 0) is 80.9 Å². The van der Waals surface area contributed by atoms with Crippen molar-refractivity contribution in [3.8, 4) is 5.75 Å². The van der Waals surface area contributed by atoms with E-state index < -0.39 is 0 Å². The number of ether oxygens (including phenoxy) is 1. The van der Waals surface area contributed by atoms with Crippen LogP contribution >= 0.6 is 0 Å². The minimum absolute atomic E-state index is 0.919. The zero-order valence-corrected chi connectivity index (χ0v) is 13.4. The molecule has 0 saturated heterocycles. The molecule has 5 rings (SSSR count). The Morgan fingerprint density at radius 2 is 1.70 bits per heavy atom. The molecule has 0 spiro atoms. The van der Waals surface area contributed by atoms with E-state index in [1.54, 1.807) is 7.11 Å². The van der Waals surface area contributed by atoms with Gasteiger partial charge in [-0.3, -0.25) is 0 Å². The Hall–Kier alpha value is -2.54. The SMILES string of the molecule is COc1ccc2c(ccc3c4c5c(cccc5c(C)c32)CC4)c1. The lowest BCUT2D eigenvalue weighted by Crippen LogP contribution is -1.90. The van der Waals surface area contributed by atoms with E-state index in [0.717, 1.165) is 12.2 Å². The Morgan fingerprint density at radius 3 is 2.57 bits per heavy atom. The summed E-state index contributed by atoms with van der Waals surface area (Å²) < 4.78 is 5.39. The van der Waals surface area contributed by atoms with E-state index in [1.807, 2.05) is 0 Å². The van der Waals surface area contributed by atoms with Crippen LogP contribution in [0.2, 0.25) is 0 Å². The van der Waals surface area contributed by atoms with Gasteiger partial charge >= 0.3 is 0 Å². The van der Waals surface area contributed by atoms with Gasteiger partial charge in [0.1, 0.15) is 5.75 Å². The van der Waals surface area contributed by atoms with Crippen LogP contribution in [-0.2, 0) is 12.8 Å². The first-order chi connectivity index (χ1) is 11.3. The smallest absolute Gasteiger partial charge is 0.119 e. The third-order valence-corrected chi connectivity index (χ3v) is 5.43. The molecule has 0 bridgehead atoms. The number of methoxy groups -OCH3 is 1. The molecule has 0 heterocycles. The lowest BCUT2D eigenvalue weighted by Gasteiger charge is -2.14. The third-order valence-electron chi connectivity index (χ3n) is 5.43. The Labute approximate surface area is 135 Å². The second kappa shape index (κ2) is 4.48. The van der Waals surface area contributed by atoms with E-state index in [-0.39, 0.29) is 0 Å². The molecule has 0 amide bonds. The van der Waals surface area contributed by atoms with Crippen LogP contribution in [0, 0.1) is 6.92 Å². The van der Waals surface area contributed by atoms with E-state index in [4.69, 9.17) is 4.74 Å². The fourth-order valence-corrected chi connectivity index (χ4v) is 4.36. The normalized spacial score (nSPS) is 13.3. The van der Waals surface area contributed by atoms with Crippen LogP contribution in [0.15, 0.2) is 48.5 Å². The molecule has 0 aromatic heterocycles. The van der Waals surface area contributed by atoms with Gasteiger partial charge in [0, 0.05) is 0 Å². The number of aryl methyl sites for hydroxylation is 3. The van der Waals surface area contributed by atoms with Crippen LogP contribution in [0.25, 0.3) is 32.3 Å². The molecule has 23 heavy (non-hydrogen) atoms. The molecule has 0 atom stereocenters. The first-order valence-electron chi connectivity index (χ1n) is 8.21. The minimum atomic E-state index is 0.919. The number of fused-ring (bicyclic) bond motifs is 4. The largest absolute Gasteiger partial charge is 0.497 e. The van der Waals surface area contributed by atoms with Gasteiger partial charge in [0.25, 0.3) is 0 Å². The summed E-state index contributed by atoms with van der Waals surface area (Å²) in [5.74, 6) is 0.919. The van der Waals surface area contributed by atoms with Gasteiger partial charge in [0.15, 0.2) is 0 Å². The van der Waals surface area contributed by atoms with Crippen molar-refractivity contribution in [3.05, 3.63) is 65.2 Å². The van der Waals surface area contributed by atoms with Crippen LogP contribution in [0.5, 0.6) is 5.75 Å². The summed E-state index contributed by atoms with van der Waals surface area (Å²) in [5, 5.41) is 8.34. The second-order valence-electron chi connectivity index (χ2n) is 6.52. The Bertz CT molecular complexity index is 1110. The quantitative estimate of drug-likeness (QED) is 0.330. The molecule has 112 valence electrons. The molecule has 4 aromatic carbocycles. The van der Waals surface area contributed by atoms with Gasteiger partial charge in [-0.25, -0.2) is 0 Å². The summed E-state index contributed by atoms with van der Waals surface area (Å²) in [4.78, 5) is 0. The van der Waals surface area contributed by atoms with Crippen molar-refractivity contribution in [2.24, 2.45) is 0 Å². The maximum atomic E-state index is 5.39. The Kier molecular flexibility index (Phi) is 2.52. The van der Waals surface area contributed by atoms with E-state index in [0.29, 0.717) is 0 Å². The zero-order valence-electron chi connectivity index (χ0n) is 13.4. The fraction of sp³-hybridized carbons (Fsp3) is 0.182. The monoisotopic (exact) mass is 298 g/mol. The molecule has 0 unspecified atom stereocenters. The van der Waals surface area contributed by atoms with Crippen LogP contribution in [0.1, 0.15) is 16.7 Å². The third kappa shape index (κ3) is 1.62. The maximum absolute atomic E-state index is 5.39. The van der Waals surface area contributed by atoms with Crippen molar-refractivity contribution in [3.63, 3.8) is 0 Å². The van der Waals surface area contributed by atoms with Crippen molar-refractivity contribution in [1.82, 2.24) is 0 Å². The van der Waals surface area contributed by atoms with E-state index >= 15 is 0 Å². The molecule has 0 aliphatic heterocycles. The summed E-state index contributed by atoms with van der Waals surface area (Å²) in [6.45, 7) is 2.27. The first kappa shape index (κ1) is 13.0. The summed E-state index contributed by atoms with van der Waals surface area (Å²) in [5.41, 5.74) is 4.45. The molecule has 1 nitrogen and oxygen atoms in total. The second-order valence-corrected chi connectivity index (χ2v) is 6.52. The molecular formula is C22H18O. The standard InChI is InChI=1S/C22H18O/c1-13-17-5-3-4-14-6-9-20(22(14)17)19-10-7-15-12-16(23-2)8-11-18(15)21(13)19/h3-5,7-8,10-12H,6,9H2,1-2H3. The molecule has 0 N–H and O–H groups in total. The molecule has 1 aliphatic carbocycles. The predicted octanol–water partition coefficient (Wildman–Crippen LogP) is 5.56. The molecule has 1 aliphatic rings. The average molecular weight is 298 g/mol. The highest BCUT2D eigenvalue weighted by Gasteiger charge is 2.20. The zero-order chi connectivity index (χ0) is 15.6. The highest BCUT2D eigenvalue weighted by molar-refractivity contribution is 6.17. The number of benzene rings is 4. The van der Waals surface area contributed by atoms with Crippen molar-refractivity contribution in [1.29, 1.82) is 0 Å². The molecule has 0 saturated carbocycles. The van der Waals surface area contributed by atoms with Crippen LogP contribution in [-0.4, -0.2) is 7.11 Å². The highest BCUT2D eigenvalue weighted by atomic mass is 16.5. The first-order valence-corrected chi connectivity index (χ1v) is 8.21. The number of rotatable bonds is 1. The van der Waals surface area contributed by atoms with Gasteiger partial charge in [-0.15, -0.1) is 0 Å². The van der Waals surface area contributed by atoms with Gasteiger partial charge in [0.2, 0.25) is 0 Å². The van der Waals surface area contributed by atoms with Crippen LogP contribution < -0.4 is 4.74 Å². The van der Waals surface area contributed by atoms with Crippen LogP contribution in [0.4, 0.5) is 0 Å². The molecule has 1 heteroatoms. The minimum Gasteiger partial charge on any atom is -0.497 e. The topological polar surface area (TPSA) is 9.23 Å². The van der Waals surface area contributed by atoms with Gasteiger partial charge in [-0.2, -0.15) is 0 Å². The summed E-state index contributed by atoms with van der Waals surface area (Å²) in [6.07, 6.45) is 2.33. The molecule has 0 fully saturated rings. The fourth-order valence-electron chi connectivity index (χ4n) is 4.36. The molecule has 4 aromatic rings. The Morgan fingerprint density at radius 1 is 0.826 bits per heavy atom. The average Bonchev–Trinajstić information content (AvgIpc) is 3.03. The van der Waals surface area contributed by atoms with E-state index in [9.17, 15) is 0 Å². The predicted molar refractivity (Wildman–Crippen MR) is 97.7 cm³/mol. The van der Waals surface area contributed by atoms with Gasteiger partial charge < -0.3 is 4.74 Å². The van der Waals surface area contributed by atoms with E-state index in [2.05, 4.69) is 55.5 Å². The summed E-state index contributed by atoms with van der Waals surface area (Å²) >= 11 is 0. The Balaban J connectivity index is 2.04. The van der Waals surface area contributed by atoms with Crippen molar-refractivity contribution in [2.45, 2.75) is 19.8 Å². The van der Waals surface area contributed by atoms with Crippen molar-refractivity contribution < 1.29 is 4.74 Å².